The minimum absolute atomic E-state index is 0.112. The summed E-state index contributed by atoms with van der Waals surface area (Å²) in [5.74, 6) is -1.11. The van der Waals surface area contributed by atoms with Gasteiger partial charge in [0.15, 0.2) is 0 Å². The second-order valence-electron chi connectivity index (χ2n) is 7.90. The highest BCUT2D eigenvalue weighted by Crippen LogP contribution is 2.22. The van der Waals surface area contributed by atoms with Gasteiger partial charge in [-0.15, -0.1) is 0 Å². The lowest BCUT2D eigenvalue weighted by molar-refractivity contribution is -0.133. The fourth-order valence-electron chi connectivity index (χ4n) is 2.94. The third-order valence-corrected chi connectivity index (χ3v) is 4.65. The quantitative estimate of drug-likeness (QED) is 0.244. The SMILES string of the molecule is CC(C)CNCC(=O)Nc1ccc(-c2ccc(C(=O)N[C@H](C(=O)NO)[C@@H](C)O)cc2)cc1. The number of carbonyl (C=O) groups is 3. The molecule has 0 bridgehead atoms. The van der Waals surface area contributed by atoms with Crippen LogP contribution in [0.1, 0.15) is 31.1 Å². The van der Waals surface area contributed by atoms with Crippen molar-refractivity contribution in [2.45, 2.75) is 32.9 Å². The summed E-state index contributed by atoms with van der Waals surface area (Å²) in [4.78, 5) is 35.9. The van der Waals surface area contributed by atoms with Crippen LogP contribution in [-0.2, 0) is 9.59 Å². The fraction of sp³-hybridized carbons (Fsp3) is 0.348. The van der Waals surface area contributed by atoms with E-state index < -0.39 is 24.0 Å². The summed E-state index contributed by atoms with van der Waals surface area (Å²) in [6, 6.07) is 12.7. The largest absolute Gasteiger partial charge is 0.391 e. The van der Waals surface area contributed by atoms with Crippen molar-refractivity contribution < 1.29 is 24.7 Å². The van der Waals surface area contributed by atoms with Gasteiger partial charge in [0, 0.05) is 11.3 Å². The van der Waals surface area contributed by atoms with Crippen molar-refractivity contribution in [2.75, 3.05) is 18.4 Å². The Kier molecular flexibility index (Phi) is 9.33. The van der Waals surface area contributed by atoms with E-state index in [9.17, 15) is 19.5 Å². The Bertz CT molecular complexity index is 911. The molecule has 0 heterocycles. The molecule has 3 amide bonds. The lowest BCUT2D eigenvalue weighted by Crippen LogP contribution is -2.51. The first-order valence-electron chi connectivity index (χ1n) is 10.3. The molecule has 32 heavy (non-hydrogen) atoms. The van der Waals surface area contributed by atoms with Crippen molar-refractivity contribution in [2.24, 2.45) is 5.92 Å². The zero-order valence-electron chi connectivity index (χ0n) is 18.4. The first-order valence-corrected chi connectivity index (χ1v) is 10.3. The number of amides is 3. The van der Waals surface area contributed by atoms with E-state index >= 15 is 0 Å². The zero-order valence-corrected chi connectivity index (χ0v) is 18.4. The van der Waals surface area contributed by atoms with E-state index in [0.29, 0.717) is 17.2 Å². The molecule has 9 heteroatoms. The molecule has 0 saturated heterocycles. The van der Waals surface area contributed by atoms with E-state index in [1.165, 1.54) is 12.4 Å². The van der Waals surface area contributed by atoms with E-state index in [2.05, 4.69) is 29.8 Å². The number of anilines is 1. The third kappa shape index (κ3) is 7.45. The number of benzene rings is 2. The molecule has 6 N–H and O–H groups in total. The number of aliphatic hydroxyl groups excluding tert-OH is 1. The van der Waals surface area contributed by atoms with Gasteiger partial charge in [-0.3, -0.25) is 19.6 Å². The van der Waals surface area contributed by atoms with Crippen molar-refractivity contribution in [1.82, 2.24) is 16.1 Å². The average Bonchev–Trinajstić information content (AvgIpc) is 2.77. The normalized spacial score (nSPS) is 12.7. The first kappa shape index (κ1) is 25.0. The van der Waals surface area contributed by atoms with Crippen molar-refractivity contribution in [3.05, 3.63) is 54.1 Å². The maximum absolute atomic E-state index is 12.4. The molecule has 0 saturated carbocycles. The standard InChI is InChI=1S/C23H30N4O5/c1-14(2)12-24-13-20(29)25-19-10-8-17(9-11-19)16-4-6-18(7-5-16)22(30)26-21(15(3)28)23(31)27-32/h4-11,14-15,21,24,28,32H,12-13H2,1-3H3,(H,25,29)(H,26,30)(H,27,31)/t15-,21+/m1/s1. The maximum Gasteiger partial charge on any atom is 0.268 e. The van der Waals surface area contributed by atoms with Crippen LogP contribution < -0.4 is 21.4 Å². The van der Waals surface area contributed by atoms with E-state index in [1.54, 1.807) is 36.4 Å². The van der Waals surface area contributed by atoms with E-state index in [0.717, 1.165) is 17.7 Å². The zero-order chi connectivity index (χ0) is 23.7. The molecule has 172 valence electrons. The molecule has 2 rings (SSSR count). The van der Waals surface area contributed by atoms with E-state index in [-0.39, 0.29) is 12.5 Å². The molecule has 0 aliphatic heterocycles. The molecule has 0 spiro atoms. The predicted molar refractivity (Wildman–Crippen MR) is 121 cm³/mol. The molecule has 0 aliphatic carbocycles. The van der Waals surface area contributed by atoms with Crippen LogP contribution in [0.4, 0.5) is 5.69 Å². The molecule has 2 aromatic rings. The Labute approximate surface area is 187 Å². The number of carbonyl (C=O) groups excluding carboxylic acids is 3. The van der Waals surface area contributed by atoms with Crippen LogP contribution >= 0.6 is 0 Å². The molecule has 0 aromatic heterocycles. The van der Waals surface area contributed by atoms with Gasteiger partial charge in [0.2, 0.25) is 5.91 Å². The Morgan fingerprint density at radius 2 is 1.47 bits per heavy atom. The summed E-state index contributed by atoms with van der Waals surface area (Å²) in [5, 5.41) is 26.7. The van der Waals surface area contributed by atoms with Gasteiger partial charge in [-0.1, -0.05) is 38.1 Å². The predicted octanol–water partition coefficient (Wildman–Crippen LogP) is 1.52. The van der Waals surface area contributed by atoms with Crippen molar-refractivity contribution in [1.29, 1.82) is 0 Å². The van der Waals surface area contributed by atoms with Crippen LogP contribution in [0, 0.1) is 5.92 Å². The minimum atomic E-state index is -1.28. The summed E-state index contributed by atoms with van der Waals surface area (Å²) in [7, 11) is 0. The van der Waals surface area contributed by atoms with Gasteiger partial charge in [-0.25, -0.2) is 5.48 Å². The van der Waals surface area contributed by atoms with Crippen LogP contribution in [0.2, 0.25) is 0 Å². The summed E-state index contributed by atoms with van der Waals surface area (Å²) in [6.45, 7) is 6.50. The molecule has 0 radical (unpaired) electrons. The topological polar surface area (TPSA) is 140 Å². The smallest absolute Gasteiger partial charge is 0.268 e. The van der Waals surface area contributed by atoms with E-state index in [1.807, 2.05) is 12.1 Å². The van der Waals surface area contributed by atoms with Crippen LogP contribution in [0.5, 0.6) is 0 Å². The lowest BCUT2D eigenvalue weighted by Gasteiger charge is -2.19. The van der Waals surface area contributed by atoms with Gasteiger partial charge in [0.1, 0.15) is 6.04 Å². The monoisotopic (exact) mass is 442 g/mol. The number of aliphatic hydroxyl groups is 1. The molecule has 2 atom stereocenters. The van der Waals surface area contributed by atoms with Gasteiger partial charge in [0.25, 0.3) is 11.8 Å². The van der Waals surface area contributed by atoms with Gasteiger partial charge in [-0.2, -0.15) is 0 Å². The Morgan fingerprint density at radius 3 is 1.97 bits per heavy atom. The molecule has 2 aromatic carbocycles. The maximum atomic E-state index is 12.4. The Hall–Kier alpha value is -3.27. The first-order chi connectivity index (χ1) is 15.2. The third-order valence-electron chi connectivity index (χ3n) is 4.65. The number of rotatable bonds is 10. The number of hydroxylamine groups is 1. The molecular formula is C23H30N4O5. The second kappa shape index (κ2) is 11.9. The number of hydrogen-bond acceptors (Lipinski definition) is 6. The highest BCUT2D eigenvalue weighted by atomic mass is 16.5. The van der Waals surface area contributed by atoms with Gasteiger partial charge < -0.3 is 21.1 Å². The van der Waals surface area contributed by atoms with Crippen LogP contribution in [-0.4, -0.2) is 53.3 Å². The Balaban J connectivity index is 1.98. The van der Waals surface area contributed by atoms with Gasteiger partial charge >= 0.3 is 0 Å². The minimum Gasteiger partial charge on any atom is -0.391 e. The molecule has 0 fully saturated rings. The fourth-order valence-corrected chi connectivity index (χ4v) is 2.94. The Morgan fingerprint density at radius 1 is 0.906 bits per heavy atom. The summed E-state index contributed by atoms with van der Waals surface area (Å²) in [5.41, 5.74) is 4.16. The highest BCUT2D eigenvalue weighted by Gasteiger charge is 2.25. The van der Waals surface area contributed by atoms with Crippen molar-refractivity contribution >= 4 is 23.4 Å². The molecular weight excluding hydrogens is 412 g/mol. The second-order valence-corrected chi connectivity index (χ2v) is 7.90. The average molecular weight is 443 g/mol. The molecule has 0 aliphatic rings. The van der Waals surface area contributed by atoms with Crippen LogP contribution in [0.15, 0.2) is 48.5 Å². The van der Waals surface area contributed by atoms with Crippen LogP contribution in [0.3, 0.4) is 0 Å². The summed E-state index contributed by atoms with van der Waals surface area (Å²) < 4.78 is 0. The van der Waals surface area contributed by atoms with Crippen molar-refractivity contribution in [3.63, 3.8) is 0 Å². The van der Waals surface area contributed by atoms with Crippen LogP contribution in [0.25, 0.3) is 11.1 Å². The lowest BCUT2D eigenvalue weighted by atomic mass is 10.0. The highest BCUT2D eigenvalue weighted by molar-refractivity contribution is 5.98. The van der Waals surface area contributed by atoms with Gasteiger partial charge in [-0.05, 0) is 54.8 Å². The molecule has 0 unspecified atom stereocenters. The van der Waals surface area contributed by atoms with Crippen molar-refractivity contribution in [3.8, 4) is 11.1 Å². The number of hydrogen-bond donors (Lipinski definition) is 6. The summed E-state index contributed by atoms with van der Waals surface area (Å²) >= 11 is 0. The number of nitrogens with one attached hydrogen (secondary N) is 4. The summed E-state index contributed by atoms with van der Waals surface area (Å²) in [6.07, 6.45) is -1.18. The van der Waals surface area contributed by atoms with E-state index in [4.69, 9.17) is 5.21 Å². The molecule has 9 nitrogen and oxygen atoms in total. The van der Waals surface area contributed by atoms with Gasteiger partial charge in [0.05, 0.1) is 12.6 Å².